The van der Waals surface area contributed by atoms with Crippen LogP contribution in [0.3, 0.4) is 0 Å². The second-order valence-electron chi connectivity index (χ2n) is 5.33. The maximum atomic E-state index is 11.9. The highest BCUT2D eigenvalue weighted by molar-refractivity contribution is 9.09. The third kappa shape index (κ3) is 3.07. The zero-order valence-electron chi connectivity index (χ0n) is 12.3. The summed E-state index contributed by atoms with van der Waals surface area (Å²) in [6, 6.07) is 0. The van der Waals surface area contributed by atoms with E-state index in [0.717, 1.165) is 24.6 Å². The van der Waals surface area contributed by atoms with Gasteiger partial charge in [-0.15, -0.1) is 0 Å². The van der Waals surface area contributed by atoms with E-state index in [-0.39, 0.29) is 12.0 Å². The molecule has 1 aromatic rings. The Bertz CT molecular complexity index is 768. The van der Waals surface area contributed by atoms with Crippen LogP contribution in [-0.4, -0.2) is 48.0 Å². The molecule has 2 heterocycles. The van der Waals surface area contributed by atoms with Crippen molar-refractivity contribution in [1.82, 2.24) is 9.55 Å². The minimum absolute atomic E-state index is 0.262. The number of carbonyl (C=O) groups excluding carboxylic acids is 2. The Hall–Kier alpha value is -1.62. The molecule has 9 nitrogen and oxygen atoms in total. The van der Waals surface area contributed by atoms with Crippen molar-refractivity contribution in [3.05, 3.63) is 32.6 Å². The third-order valence-corrected chi connectivity index (χ3v) is 4.26. The van der Waals surface area contributed by atoms with Crippen molar-refractivity contribution in [3.63, 3.8) is 0 Å². The molecule has 0 spiro atoms. The van der Waals surface area contributed by atoms with E-state index >= 15 is 0 Å². The minimum atomic E-state index is -2.01. The summed E-state index contributed by atoms with van der Waals surface area (Å²) in [5.41, 5.74) is -3.97. The zero-order valence-corrected chi connectivity index (χ0v) is 13.9. The van der Waals surface area contributed by atoms with Crippen molar-refractivity contribution >= 4 is 27.5 Å². The molecule has 2 rings (SSSR count). The van der Waals surface area contributed by atoms with Crippen molar-refractivity contribution in [3.8, 4) is 0 Å². The highest BCUT2D eigenvalue weighted by Gasteiger charge is 2.54. The van der Waals surface area contributed by atoms with Crippen LogP contribution in [0.15, 0.2) is 15.8 Å². The fraction of sp³-hybridized carbons (Fsp3) is 0.538. The first-order valence-electron chi connectivity index (χ1n) is 6.65. The van der Waals surface area contributed by atoms with Gasteiger partial charge in [0.1, 0.15) is 17.3 Å². The molecule has 0 unspecified atom stereocenters. The number of aliphatic hydroxyl groups excluding tert-OH is 1. The van der Waals surface area contributed by atoms with Gasteiger partial charge in [0.2, 0.25) is 0 Å². The predicted molar refractivity (Wildman–Crippen MR) is 80.4 cm³/mol. The van der Waals surface area contributed by atoms with E-state index in [9.17, 15) is 29.4 Å². The average Bonchev–Trinajstić information content (AvgIpc) is 2.77. The number of Topliss-reactive ketones (excluding diaryl/α,β-unsaturated/α-hetero) is 2. The number of halogens is 1. The van der Waals surface area contributed by atoms with Gasteiger partial charge >= 0.3 is 5.69 Å². The lowest BCUT2D eigenvalue weighted by molar-refractivity contribution is -0.145. The molecule has 4 atom stereocenters. The SMILES string of the molecule is CC(=O)c1cn([C@H]2C[C@@](O)(C(C)=O)[C@@H]([C@@H](O)Br)O2)c(=O)[nH]c1=O. The molecular weight excluding hydrogens is 376 g/mol. The first-order valence-corrected chi connectivity index (χ1v) is 7.57. The van der Waals surface area contributed by atoms with Gasteiger partial charge in [0.15, 0.2) is 17.2 Å². The summed E-state index contributed by atoms with van der Waals surface area (Å²) in [7, 11) is 0. The molecule has 126 valence electrons. The molecule has 0 amide bonds. The van der Waals surface area contributed by atoms with Crippen molar-refractivity contribution < 1.29 is 24.5 Å². The van der Waals surface area contributed by atoms with E-state index in [1.807, 2.05) is 4.98 Å². The Labute approximate surface area is 138 Å². The molecule has 3 N–H and O–H groups in total. The van der Waals surface area contributed by atoms with Crippen molar-refractivity contribution in [2.75, 3.05) is 0 Å². The van der Waals surface area contributed by atoms with E-state index in [1.54, 1.807) is 0 Å². The maximum absolute atomic E-state index is 11.9. The summed E-state index contributed by atoms with van der Waals surface area (Å²) in [6.45, 7) is 2.29. The Morgan fingerprint density at radius 2 is 2.09 bits per heavy atom. The molecule has 0 aromatic carbocycles. The fourth-order valence-corrected chi connectivity index (χ4v) is 3.02. The lowest BCUT2D eigenvalue weighted by Gasteiger charge is -2.26. The maximum Gasteiger partial charge on any atom is 0.330 e. The van der Waals surface area contributed by atoms with E-state index < -0.39 is 45.8 Å². The standard InChI is InChI=1S/C13H15BrN2O7/c1-5(17)7-4-16(12(21)15-11(7)20)8-3-13(22,6(2)18)9(23-8)10(14)19/h4,8-10,19,22H,3H2,1-2H3,(H,15,20,21)/t8-,9-,10-,13-/m1/s1. The van der Waals surface area contributed by atoms with Gasteiger partial charge in [0, 0.05) is 12.6 Å². The molecule has 1 aromatic heterocycles. The van der Waals surface area contributed by atoms with Gasteiger partial charge < -0.3 is 14.9 Å². The van der Waals surface area contributed by atoms with E-state index in [0.29, 0.717) is 0 Å². The van der Waals surface area contributed by atoms with Crippen molar-refractivity contribution in [2.24, 2.45) is 0 Å². The predicted octanol–water partition coefficient (Wildman–Crippen LogP) is -0.940. The summed E-state index contributed by atoms with van der Waals surface area (Å²) in [5.74, 6) is -1.20. The highest BCUT2D eigenvalue weighted by Crippen LogP contribution is 2.39. The molecular formula is C13H15BrN2O7. The molecule has 0 radical (unpaired) electrons. The van der Waals surface area contributed by atoms with Crippen molar-refractivity contribution in [1.29, 1.82) is 0 Å². The largest absolute Gasteiger partial charge is 0.379 e. The lowest BCUT2D eigenvalue weighted by atomic mass is 9.91. The molecule has 10 heteroatoms. The summed E-state index contributed by atoms with van der Waals surface area (Å²) < 4.78 is 6.31. The molecule has 23 heavy (non-hydrogen) atoms. The Morgan fingerprint density at radius 1 is 1.48 bits per heavy atom. The Morgan fingerprint density at radius 3 is 2.52 bits per heavy atom. The van der Waals surface area contributed by atoms with Gasteiger partial charge in [-0.05, 0) is 13.8 Å². The number of nitrogens with one attached hydrogen (secondary N) is 1. The molecule has 1 fully saturated rings. The normalized spacial score (nSPS) is 28.6. The van der Waals surface area contributed by atoms with Crippen molar-refractivity contribution in [2.45, 2.75) is 43.2 Å². The van der Waals surface area contributed by atoms with Gasteiger partial charge in [-0.2, -0.15) is 0 Å². The molecule has 1 saturated heterocycles. The Balaban J connectivity index is 2.51. The van der Waals surface area contributed by atoms with Crippen LogP contribution in [0.4, 0.5) is 0 Å². The number of alkyl halides is 1. The lowest BCUT2D eigenvalue weighted by Crippen LogP contribution is -2.49. The van der Waals surface area contributed by atoms with E-state index in [2.05, 4.69) is 15.9 Å². The van der Waals surface area contributed by atoms with Gasteiger partial charge in [-0.1, -0.05) is 15.9 Å². The van der Waals surface area contributed by atoms with Crippen LogP contribution in [-0.2, 0) is 9.53 Å². The summed E-state index contributed by atoms with van der Waals surface area (Å²) >= 11 is 2.83. The third-order valence-electron chi connectivity index (χ3n) is 3.78. The van der Waals surface area contributed by atoms with Gasteiger partial charge in [-0.25, -0.2) is 4.79 Å². The molecule has 0 aliphatic carbocycles. The molecule has 1 aliphatic rings. The smallest absolute Gasteiger partial charge is 0.330 e. The zero-order chi connectivity index (χ0) is 17.5. The summed E-state index contributed by atoms with van der Waals surface area (Å²) in [4.78, 5) is 48.6. The van der Waals surface area contributed by atoms with Gasteiger partial charge in [-0.3, -0.25) is 23.9 Å². The number of aliphatic hydroxyl groups is 2. The van der Waals surface area contributed by atoms with Crippen LogP contribution in [0, 0.1) is 0 Å². The summed E-state index contributed by atoms with van der Waals surface area (Å²) in [5, 5.41) is 18.7. The number of carbonyl (C=O) groups is 2. The van der Waals surface area contributed by atoms with Crippen LogP contribution >= 0.6 is 15.9 Å². The number of aromatic amines is 1. The van der Waals surface area contributed by atoms with Gasteiger partial charge in [0.05, 0.1) is 5.56 Å². The first kappa shape index (κ1) is 17.7. The number of H-pyrrole nitrogens is 1. The van der Waals surface area contributed by atoms with E-state index in [4.69, 9.17) is 4.74 Å². The number of aromatic nitrogens is 2. The molecule has 1 aliphatic heterocycles. The highest BCUT2D eigenvalue weighted by atomic mass is 79.9. The number of hydrogen-bond donors (Lipinski definition) is 3. The topological polar surface area (TPSA) is 139 Å². The number of hydrogen-bond acceptors (Lipinski definition) is 7. The first-order chi connectivity index (χ1) is 10.6. The summed E-state index contributed by atoms with van der Waals surface area (Å²) in [6.07, 6.45) is -1.76. The second kappa shape index (κ2) is 6.11. The van der Waals surface area contributed by atoms with E-state index in [1.165, 1.54) is 0 Å². The number of ketones is 2. The fourth-order valence-electron chi connectivity index (χ4n) is 2.46. The number of rotatable bonds is 4. The monoisotopic (exact) mass is 390 g/mol. The van der Waals surface area contributed by atoms with Crippen LogP contribution in [0.1, 0.15) is 36.9 Å². The van der Waals surface area contributed by atoms with Crippen LogP contribution in [0.5, 0.6) is 0 Å². The Kier molecular flexibility index (Phi) is 4.71. The quantitative estimate of drug-likeness (QED) is 0.445. The van der Waals surface area contributed by atoms with Crippen LogP contribution < -0.4 is 11.2 Å². The average molecular weight is 391 g/mol. The number of nitrogens with zero attached hydrogens (tertiary/aromatic N) is 1. The molecule has 0 saturated carbocycles. The van der Waals surface area contributed by atoms with Crippen LogP contribution in [0.25, 0.3) is 0 Å². The molecule has 0 bridgehead atoms. The minimum Gasteiger partial charge on any atom is -0.379 e. The van der Waals surface area contributed by atoms with Crippen LogP contribution in [0.2, 0.25) is 0 Å². The second-order valence-corrected chi connectivity index (χ2v) is 6.27. The van der Waals surface area contributed by atoms with Gasteiger partial charge in [0.25, 0.3) is 5.56 Å². The number of ether oxygens (including phenoxy) is 1.